The molecule has 2 aliphatic heterocycles. The quantitative estimate of drug-likeness (QED) is 0.228. The molecule has 0 atom stereocenters. The molecule has 5 aromatic heterocycles. The molecule has 0 unspecified atom stereocenters. The van der Waals surface area contributed by atoms with Crippen LogP contribution in [0.15, 0.2) is 48.1 Å². The molecular formula is C28H18N4O8S2. The fraction of sp³-hybridized carbons (Fsp3) is 0.143. The molecule has 0 radical (unpaired) electrons. The predicted octanol–water partition coefficient (Wildman–Crippen LogP) is 4.67. The van der Waals surface area contributed by atoms with E-state index in [-0.39, 0.29) is 17.3 Å². The highest BCUT2D eigenvalue weighted by Gasteiger charge is 2.31. The van der Waals surface area contributed by atoms with Crippen molar-refractivity contribution in [3.8, 4) is 77.7 Å². The summed E-state index contributed by atoms with van der Waals surface area (Å²) in [6.07, 6.45) is 3.09. The minimum absolute atomic E-state index is 0.208. The lowest BCUT2D eigenvalue weighted by molar-refractivity contribution is -0.121. The van der Waals surface area contributed by atoms with Crippen LogP contribution in [0.25, 0.3) is 43.2 Å². The second-order valence-corrected chi connectivity index (χ2v) is 10.6. The van der Waals surface area contributed by atoms with Gasteiger partial charge in [0.05, 0.1) is 31.7 Å². The zero-order valence-corrected chi connectivity index (χ0v) is 23.1. The maximum Gasteiger partial charge on any atom is 0.298 e. The summed E-state index contributed by atoms with van der Waals surface area (Å²) >= 11 is 2.99. The predicted molar refractivity (Wildman–Crippen MR) is 150 cm³/mol. The first-order chi connectivity index (χ1) is 20.7. The van der Waals surface area contributed by atoms with Crippen LogP contribution >= 0.6 is 22.7 Å². The Morgan fingerprint density at radius 3 is 2.19 bits per heavy atom. The largest absolute Gasteiger partial charge is 0.485 e. The molecule has 0 amide bonds. The number of carbonyl (C=O) groups is 2. The number of hydrogen-bond acceptors (Lipinski definition) is 14. The SMILES string of the molecule is O=COc1ccnc(-c2cc(OC=O)cc(-c3nccc(-c4sc(-c5scc6c5OCCO6)c5c4OCCO5)n3)n2)c1. The van der Waals surface area contributed by atoms with E-state index in [1.165, 1.54) is 47.1 Å². The molecule has 0 fully saturated rings. The summed E-state index contributed by atoms with van der Waals surface area (Å²) in [5.41, 5.74) is 1.66. The smallest absolute Gasteiger partial charge is 0.298 e. The molecule has 5 aromatic rings. The van der Waals surface area contributed by atoms with Gasteiger partial charge in [-0.3, -0.25) is 14.6 Å². The van der Waals surface area contributed by atoms with Gasteiger partial charge in [0.15, 0.2) is 28.8 Å². The summed E-state index contributed by atoms with van der Waals surface area (Å²) in [4.78, 5) is 42.7. The molecule has 0 N–H and O–H groups in total. The van der Waals surface area contributed by atoms with Gasteiger partial charge in [-0.05, 0) is 12.1 Å². The maximum absolute atomic E-state index is 11.2. The Bertz CT molecular complexity index is 1820. The molecule has 0 saturated carbocycles. The van der Waals surface area contributed by atoms with E-state index in [9.17, 15) is 9.59 Å². The van der Waals surface area contributed by atoms with Gasteiger partial charge < -0.3 is 28.4 Å². The zero-order valence-electron chi connectivity index (χ0n) is 21.5. The Morgan fingerprint density at radius 2 is 1.36 bits per heavy atom. The number of rotatable bonds is 8. The van der Waals surface area contributed by atoms with Crippen molar-refractivity contribution < 1.29 is 38.0 Å². The number of ether oxygens (including phenoxy) is 6. The monoisotopic (exact) mass is 602 g/mol. The van der Waals surface area contributed by atoms with E-state index in [1.54, 1.807) is 18.3 Å². The third-order valence-electron chi connectivity index (χ3n) is 6.18. The van der Waals surface area contributed by atoms with Gasteiger partial charge in [-0.1, -0.05) is 0 Å². The summed E-state index contributed by atoms with van der Waals surface area (Å²) < 4.78 is 33.9. The van der Waals surface area contributed by atoms with Crippen LogP contribution in [0.1, 0.15) is 0 Å². The minimum Gasteiger partial charge on any atom is -0.485 e. The maximum atomic E-state index is 11.2. The Hall–Kier alpha value is -5.08. The van der Waals surface area contributed by atoms with E-state index >= 15 is 0 Å². The van der Waals surface area contributed by atoms with E-state index in [1.807, 2.05) is 5.38 Å². The molecule has 0 bridgehead atoms. The van der Waals surface area contributed by atoms with Gasteiger partial charge in [-0.15, -0.1) is 22.7 Å². The van der Waals surface area contributed by atoms with E-state index in [0.717, 1.165) is 14.6 Å². The van der Waals surface area contributed by atoms with Crippen LogP contribution in [0.4, 0.5) is 0 Å². The van der Waals surface area contributed by atoms with E-state index in [2.05, 4.69) is 15.0 Å². The van der Waals surface area contributed by atoms with Crippen molar-refractivity contribution in [3.63, 3.8) is 0 Å². The highest BCUT2D eigenvalue weighted by molar-refractivity contribution is 7.24. The molecule has 210 valence electrons. The van der Waals surface area contributed by atoms with Gasteiger partial charge in [0, 0.05) is 36.0 Å². The van der Waals surface area contributed by atoms with Crippen LogP contribution in [0.3, 0.4) is 0 Å². The lowest BCUT2D eigenvalue weighted by Gasteiger charge is -2.18. The molecule has 0 saturated heterocycles. The number of nitrogens with zero attached hydrogens (tertiary/aromatic N) is 4. The molecule has 7 heterocycles. The number of pyridine rings is 2. The molecule has 0 spiro atoms. The number of thiophene rings is 2. The molecular weight excluding hydrogens is 584 g/mol. The van der Waals surface area contributed by atoms with Crippen molar-refractivity contribution in [1.82, 2.24) is 19.9 Å². The Labute approximate surface area is 245 Å². The van der Waals surface area contributed by atoms with Crippen LogP contribution in [0, 0.1) is 0 Å². The second kappa shape index (κ2) is 11.1. The highest BCUT2D eigenvalue weighted by atomic mass is 32.1. The lowest BCUT2D eigenvalue weighted by Crippen LogP contribution is -2.15. The summed E-state index contributed by atoms with van der Waals surface area (Å²) in [6.45, 7) is 2.42. The van der Waals surface area contributed by atoms with Gasteiger partial charge in [0.1, 0.15) is 43.6 Å². The molecule has 2 aliphatic rings. The van der Waals surface area contributed by atoms with E-state index in [0.29, 0.717) is 85.1 Å². The van der Waals surface area contributed by atoms with Crippen LogP contribution in [-0.4, -0.2) is 59.3 Å². The summed E-state index contributed by atoms with van der Waals surface area (Å²) in [5.74, 6) is 3.39. The standard InChI is InChI=1S/C28H18N4O8S2/c33-13-39-15-1-3-29-18(9-15)19-10-16(40-14-34)11-20(31-19)28-30-4-2-17(32-28)25-23-24(38-8-7-37-23)27(42-25)26-22-21(12-41-26)35-5-6-36-22/h1-4,9-14H,5-8H2. The number of aromatic nitrogens is 4. The first-order valence-electron chi connectivity index (χ1n) is 12.5. The fourth-order valence-corrected chi connectivity index (χ4v) is 6.68. The second-order valence-electron chi connectivity index (χ2n) is 8.71. The van der Waals surface area contributed by atoms with Gasteiger partial charge in [-0.2, -0.15) is 0 Å². The van der Waals surface area contributed by atoms with Crippen molar-refractivity contribution in [2.45, 2.75) is 0 Å². The summed E-state index contributed by atoms with van der Waals surface area (Å²) in [6, 6.07) is 7.93. The zero-order chi connectivity index (χ0) is 28.5. The first kappa shape index (κ1) is 25.9. The van der Waals surface area contributed by atoms with Gasteiger partial charge in [-0.25, -0.2) is 15.0 Å². The number of hydrogen-bond donors (Lipinski definition) is 0. The van der Waals surface area contributed by atoms with Crippen molar-refractivity contribution in [2.75, 3.05) is 26.4 Å². The van der Waals surface area contributed by atoms with E-state index < -0.39 is 0 Å². The molecule has 7 rings (SSSR count). The minimum atomic E-state index is 0.208. The van der Waals surface area contributed by atoms with Crippen LogP contribution in [0.2, 0.25) is 0 Å². The molecule has 0 aromatic carbocycles. The normalized spacial score (nSPS) is 13.3. The van der Waals surface area contributed by atoms with E-state index in [4.69, 9.17) is 33.4 Å². The molecule has 0 aliphatic carbocycles. The highest BCUT2D eigenvalue weighted by Crippen LogP contribution is 2.58. The van der Waals surface area contributed by atoms with Crippen LogP contribution < -0.4 is 28.4 Å². The lowest BCUT2D eigenvalue weighted by atomic mass is 10.2. The van der Waals surface area contributed by atoms with Gasteiger partial charge >= 0.3 is 0 Å². The Morgan fingerprint density at radius 1 is 0.667 bits per heavy atom. The van der Waals surface area contributed by atoms with Crippen molar-refractivity contribution in [1.29, 1.82) is 0 Å². The molecule has 14 heteroatoms. The summed E-state index contributed by atoms with van der Waals surface area (Å²) in [5, 5.41) is 1.93. The third-order valence-corrected chi connectivity index (χ3v) is 8.46. The van der Waals surface area contributed by atoms with Crippen molar-refractivity contribution in [2.24, 2.45) is 0 Å². The van der Waals surface area contributed by atoms with Crippen molar-refractivity contribution >= 4 is 35.6 Å². The number of carbonyl (C=O) groups excluding carboxylic acids is 2. The molecule has 42 heavy (non-hydrogen) atoms. The van der Waals surface area contributed by atoms with Gasteiger partial charge in [0.2, 0.25) is 0 Å². The van der Waals surface area contributed by atoms with Crippen molar-refractivity contribution in [3.05, 3.63) is 48.1 Å². The van der Waals surface area contributed by atoms with Gasteiger partial charge in [0.25, 0.3) is 12.9 Å². The first-order valence-corrected chi connectivity index (χ1v) is 14.2. The average Bonchev–Trinajstić information content (AvgIpc) is 3.63. The van der Waals surface area contributed by atoms with Crippen LogP contribution in [0.5, 0.6) is 34.5 Å². The van der Waals surface area contributed by atoms with Crippen LogP contribution in [-0.2, 0) is 9.59 Å². The number of fused-ring (bicyclic) bond motifs is 2. The molecule has 12 nitrogen and oxygen atoms in total. The third kappa shape index (κ3) is 4.76. The Kier molecular flexibility index (Phi) is 6.81. The topological polar surface area (TPSA) is 141 Å². The fourth-order valence-electron chi connectivity index (χ4n) is 4.45. The Balaban J connectivity index is 1.31. The average molecular weight is 603 g/mol. The summed E-state index contributed by atoms with van der Waals surface area (Å²) in [7, 11) is 0.